The van der Waals surface area contributed by atoms with Crippen LogP contribution in [-0.4, -0.2) is 66.9 Å². The third-order valence-corrected chi connectivity index (χ3v) is 12.3. The van der Waals surface area contributed by atoms with Gasteiger partial charge in [-0.15, -0.1) is 0 Å². The normalized spacial score (nSPS) is 45.0. The Labute approximate surface area is 237 Å². The van der Waals surface area contributed by atoms with Crippen molar-refractivity contribution in [2.75, 3.05) is 18.2 Å². The monoisotopic (exact) mass is 592 g/mol. The molecule has 12 heteroatoms. The van der Waals surface area contributed by atoms with Crippen LogP contribution in [0.2, 0.25) is 0 Å². The lowest BCUT2D eigenvalue weighted by Crippen LogP contribution is -2.73. The number of ketones is 2. The minimum atomic E-state index is -3.93. The molecule has 6 rings (SSSR count). The van der Waals surface area contributed by atoms with Crippen LogP contribution in [0, 0.1) is 28.1 Å². The molecule has 4 fully saturated rings. The number of primary sulfonamides is 1. The Morgan fingerprint density at radius 3 is 2.46 bits per heavy atom. The summed E-state index contributed by atoms with van der Waals surface area (Å²) in [7, 11) is -3.93. The molecule has 0 unspecified atom stereocenters. The van der Waals surface area contributed by atoms with E-state index in [1.165, 1.54) is 48.4 Å². The van der Waals surface area contributed by atoms with Crippen LogP contribution in [0.15, 0.2) is 53.0 Å². The van der Waals surface area contributed by atoms with Gasteiger partial charge in [0.15, 0.2) is 22.8 Å². The van der Waals surface area contributed by atoms with E-state index in [-0.39, 0.29) is 36.3 Å². The number of fused-ring (bicyclic) bond motifs is 7. The van der Waals surface area contributed by atoms with Crippen LogP contribution in [0.4, 0.5) is 14.5 Å². The Balaban J connectivity index is 1.45. The first kappa shape index (κ1) is 28.6. The maximum atomic E-state index is 17.7. The highest BCUT2D eigenvalue weighted by molar-refractivity contribution is 7.89. The highest BCUT2D eigenvalue weighted by Crippen LogP contribution is 2.77. The number of carbonyl (C=O) groups is 2. The van der Waals surface area contributed by atoms with E-state index < -0.39 is 79.8 Å². The van der Waals surface area contributed by atoms with Crippen LogP contribution in [0.25, 0.3) is 0 Å². The molecule has 41 heavy (non-hydrogen) atoms. The largest absolute Gasteiger partial charge is 0.390 e. The van der Waals surface area contributed by atoms with Crippen molar-refractivity contribution < 1.29 is 41.8 Å². The van der Waals surface area contributed by atoms with E-state index in [9.17, 15) is 28.2 Å². The van der Waals surface area contributed by atoms with Gasteiger partial charge in [0.1, 0.15) is 12.8 Å². The summed E-state index contributed by atoms with van der Waals surface area (Å²) in [5, 5.41) is 28.5. The molecule has 1 aliphatic heterocycles. The number of halogens is 2. The van der Waals surface area contributed by atoms with Gasteiger partial charge >= 0.3 is 0 Å². The van der Waals surface area contributed by atoms with Crippen LogP contribution in [-0.2, 0) is 24.4 Å². The van der Waals surface area contributed by atoms with Gasteiger partial charge in [0.2, 0.25) is 10.0 Å². The SMILES string of the molecule is C[C@]12C[C@H](O)[C@@]3(F)[C@@H](C[C@H](F)C4=CC(=O)C=C[C@@]43C)[C@]1(C)C[C@H]1CN(c3ccc(S(N)(=O)=O)cc3)O[C@]12C(=O)CO. The van der Waals surface area contributed by atoms with Crippen LogP contribution in [0.1, 0.15) is 40.0 Å². The average molecular weight is 593 g/mol. The molecule has 1 aromatic carbocycles. The number of hydroxylamine groups is 1. The zero-order chi connectivity index (χ0) is 30.0. The first-order valence-electron chi connectivity index (χ1n) is 13.7. The van der Waals surface area contributed by atoms with Crippen molar-refractivity contribution >= 4 is 27.3 Å². The van der Waals surface area contributed by atoms with Gasteiger partial charge < -0.3 is 10.2 Å². The number of nitrogens with zero attached hydrogens (tertiary/aromatic N) is 1. The smallest absolute Gasteiger partial charge is 0.238 e. The molecule has 1 saturated heterocycles. The first-order valence-corrected chi connectivity index (χ1v) is 15.2. The average Bonchev–Trinajstić information content (AvgIpc) is 3.37. The summed E-state index contributed by atoms with van der Waals surface area (Å²) in [5.74, 6) is -2.66. The Hall–Kier alpha value is -2.51. The van der Waals surface area contributed by atoms with Gasteiger partial charge in [-0.25, -0.2) is 22.3 Å². The summed E-state index contributed by atoms with van der Waals surface area (Å²) in [5.41, 5.74) is -7.40. The second-order valence-corrected chi connectivity index (χ2v) is 14.5. The second kappa shape index (κ2) is 8.53. The number of hydrogen-bond donors (Lipinski definition) is 3. The minimum Gasteiger partial charge on any atom is -0.390 e. The number of nitrogens with two attached hydrogens (primary N) is 1. The first-order chi connectivity index (χ1) is 19.0. The van der Waals surface area contributed by atoms with Crippen LogP contribution >= 0.6 is 0 Å². The summed E-state index contributed by atoms with van der Waals surface area (Å²) in [6, 6.07) is 5.60. The molecule has 3 saturated carbocycles. The van der Waals surface area contributed by atoms with Crippen LogP contribution in [0.5, 0.6) is 0 Å². The highest BCUT2D eigenvalue weighted by atomic mass is 32.2. The molecular weight excluding hydrogens is 558 g/mol. The summed E-state index contributed by atoms with van der Waals surface area (Å²) in [6.45, 7) is 4.38. The number of alkyl halides is 2. The number of anilines is 1. The maximum Gasteiger partial charge on any atom is 0.238 e. The summed E-state index contributed by atoms with van der Waals surface area (Å²) < 4.78 is 57.0. The predicted molar refractivity (Wildman–Crippen MR) is 143 cm³/mol. The van der Waals surface area contributed by atoms with Gasteiger partial charge in [0, 0.05) is 22.7 Å². The molecule has 0 amide bonds. The Morgan fingerprint density at radius 2 is 1.85 bits per heavy atom. The van der Waals surface area contributed by atoms with Gasteiger partial charge in [-0.3, -0.25) is 19.5 Å². The molecule has 9 atom stereocenters. The van der Waals surface area contributed by atoms with Gasteiger partial charge in [-0.05, 0) is 73.6 Å². The fourth-order valence-electron chi connectivity index (χ4n) is 9.28. The number of benzene rings is 1. The fourth-order valence-corrected chi connectivity index (χ4v) is 9.79. The molecule has 9 nitrogen and oxygen atoms in total. The molecule has 5 aliphatic rings. The standard InChI is InChI=1S/C29H34F2N2O7S/c1-25-9-8-18(35)10-20(25)21(30)11-22-26(2)12-16-14-33(17-4-6-19(7-5-17)41(32,38)39)40-29(16,24(37)15-34)27(26,3)13-23(36)28(22,25)31/h4-10,16,21-23,34,36H,11-15H2,1-3H3,(H2,32,38,39)/t16-,21-,22-,23-,25-,26-,27-,28-,29-/m0/s1. The van der Waals surface area contributed by atoms with E-state index in [0.29, 0.717) is 5.69 Å². The lowest BCUT2D eigenvalue weighted by atomic mass is 9.39. The van der Waals surface area contributed by atoms with Crippen molar-refractivity contribution in [2.24, 2.45) is 33.2 Å². The third kappa shape index (κ3) is 3.31. The van der Waals surface area contributed by atoms with E-state index in [1.54, 1.807) is 6.92 Å². The summed E-state index contributed by atoms with van der Waals surface area (Å²) >= 11 is 0. The Morgan fingerprint density at radius 1 is 1.20 bits per heavy atom. The topological polar surface area (TPSA) is 147 Å². The lowest BCUT2D eigenvalue weighted by molar-refractivity contribution is -0.256. The summed E-state index contributed by atoms with van der Waals surface area (Å²) in [6.07, 6.45) is 0.196. The van der Waals surface area contributed by atoms with E-state index >= 15 is 8.78 Å². The highest BCUT2D eigenvalue weighted by Gasteiger charge is 2.83. The fraction of sp³-hybridized carbons (Fsp3) is 0.586. The van der Waals surface area contributed by atoms with Crippen LogP contribution < -0.4 is 10.2 Å². The molecule has 0 bridgehead atoms. The number of rotatable bonds is 4. The van der Waals surface area contributed by atoms with Crippen LogP contribution in [0.3, 0.4) is 0 Å². The lowest BCUT2D eigenvalue weighted by Gasteiger charge is -2.67. The quantitative estimate of drug-likeness (QED) is 0.483. The Bertz CT molecular complexity index is 1510. The van der Waals surface area contributed by atoms with Crippen molar-refractivity contribution in [1.29, 1.82) is 0 Å². The van der Waals surface area contributed by atoms with Gasteiger partial charge in [0.25, 0.3) is 0 Å². The van der Waals surface area contributed by atoms with Crippen molar-refractivity contribution in [3.63, 3.8) is 0 Å². The summed E-state index contributed by atoms with van der Waals surface area (Å²) in [4.78, 5) is 32.2. The molecule has 0 spiro atoms. The van der Waals surface area contributed by atoms with Crippen molar-refractivity contribution in [3.8, 4) is 0 Å². The predicted octanol–water partition coefficient (Wildman–Crippen LogP) is 2.32. The number of Topliss-reactive ketones (excluding diaryl/α,β-unsaturated/α-hetero) is 1. The third-order valence-electron chi connectivity index (χ3n) is 11.4. The maximum absolute atomic E-state index is 17.7. The van der Waals surface area contributed by atoms with E-state index in [1.807, 2.05) is 6.92 Å². The van der Waals surface area contributed by atoms with Gasteiger partial charge in [-0.2, -0.15) is 0 Å². The molecule has 0 radical (unpaired) electrons. The van der Waals surface area contributed by atoms with Crippen molar-refractivity contribution in [3.05, 3.63) is 48.1 Å². The molecule has 222 valence electrons. The number of aliphatic hydroxyl groups is 2. The number of aliphatic hydroxyl groups excluding tert-OH is 2. The molecule has 4 N–H and O–H groups in total. The number of allylic oxidation sites excluding steroid dienone is 4. The Kier molecular flexibility index (Phi) is 5.95. The van der Waals surface area contributed by atoms with Crippen molar-refractivity contribution in [1.82, 2.24) is 0 Å². The molecular formula is C29H34F2N2O7S. The van der Waals surface area contributed by atoms with E-state index in [2.05, 4.69) is 0 Å². The van der Waals surface area contributed by atoms with E-state index in [0.717, 1.165) is 6.08 Å². The van der Waals surface area contributed by atoms with Crippen molar-refractivity contribution in [2.45, 2.75) is 68.5 Å². The molecule has 1 heterocycles. The zero-order valence-corrected chi connectivity index (χ0v) is 23.8. The molecule has 1 aromatic rings. The van der Waals surface area contributed by atoms with Gasteiger partial charge in [-0.1, -0.05) is 19.9 Å². The number of carbonyl (C=O) groups excluding carboxylic acids is 2. The second-order valence-electron chi connectivity index (χ2n) is 12.9. The zero-order valence-electron chi connectivity index (χ0n) is 23.0. The molecule has 4 aliphatic carbocycles. The number of sulfonamides is 1. The molecule has 0 aromatic heterocycles. The number of hydrogen-bond acceptors (Lipinski definition) is 8. The van der Waals surface area contributed by atoms with Gasteiger partial charge in [0.05, 0.1) is 23.2 Å². The van der Waals surface area contributed by atoms with E-state index in [4.69, 9.17) is 9.98 Å². The minimum absolute atomic E-state index is 0.0136.